The molecular formula is C17H28N2O. The third kappa shape index (κ3) is 5.14. The van der Waals surface area contributed by atoms with E-state index in [1.54, 1.807) is 7.11 Å². The number of hydrogen-bond acceptors (Lipinski definition) is 3. The van der Waals surface area contributed by atoms with Crippen LogP contribution in [0.5, 0.6) is 0 Å². The van der Waals surface area contributed by atoms with Crippen molar-refractivity contribution in [1.29, 1.82) is 0 Å². The summed E-state index contributed by atoms with van der Waals surface area (Å²) in [6.45, 7) is 4.13. The van der Waals surface area contributed by atoms with Gasteiger partial charge in [-0.05, 0) is 50.4 Å². The van der Waals surface area contributed by atoms with Crippen LogP contribution in [0.1, 0.15) is 44.6 Å². The summed E-state index contributed by atoms with van der Waals surface area (Å²) in [7, 11) is 1.74. The minimum atomic E-state index is 0.489. The van der Waals surface area contributed by atoms with Crippen molar-refractivity contribution in [3.05, 3.63) is 29.8 Å². The summed E-state index contributed by atoms with van der Waals surface area (Å²) in [5, 5.41) is 7.28. The number of benzene rings is 1. The average Bonchev–Trinajstić information content (AvgIpc) is 2.68. The van der Waals surface area contributed by atoms with E-state index < -0.39 is 0 Å². The van der Waals surface area contributed by atoms with Gasteiger partial charge in [0.15, 0.2) is 0 Å². The van der Waals surface area contributed by atoms with Crippen molar-refractivity contribution in [3.8, 4) is 0 Å². The number of nitrogens with one attached hydrogen (secondary N) is 2. The summed E-state index contributed by atoms with van der Waals surface area (Å²) in [5.74, 6) is 0. The van der Waals surface area contributed by atoms with Gasteiger partial charge < -0.3 is 15.4 Å². The zero-order valence-electron chi connectivity index (χ0n) is 12.8. The molecule has 1 aromatic rings. The molecule has 2 atom stereocenters. The van der Waals surface area contributed by atoms with Gasteiger partial charge in [0.2, 0.25) is 0 Å². The van der Waals surface area contributed by atoms with E-state index >= 15 is 0 Å². The first-order valence-corrected chi connectivity index (χ1v) is 7.85. The van der Waals surface area contributed by atoms with Gasteiger partial charge in [-0.2, -0.15) is 0 Å². The number of ether oxygens (including phenoxy) is 1. The van der Waals surface area contributed by atoms with Crippen LogP contribution < -0.4 is 10.6 Å². The Bertz CT molecular complexity index is 386. The van der Waals surface area contributed by atoms with E-state index in [1.807, 2.05) is 0 Å². The summed E-state index contributed by atoms with van der Waals surface area (Å²) >= 11 is 0. The highest BCUT2D eigenvalue weighted by atomic mass is 16.5. The first kappa shape index (κ1) is 15.3. The van der Waals surface area contributed by atoms with E-state index in [-0.39, 0.29) is 0 Å². The third-order valence-corrected chi connectivity index (χ3v) is 3.95. The lowest BCUT2D eigenvalue weighted by Gasteiger charge is -2.22. The second kappa shape index (κ2) is 8.28. The molecule has 1 fully saturated rings. The summed E-state index contributed by atoms with van der Waals surface area (Å²) < 4.78 is 5.19. The van der Waals surface area contributed by atoms with Crippen molar-refractivity contribution in [3.63, 3.8) is 0 Å². The van der Waals surface area contributed by atoms with E-state index in [9.17, 15) is 0 Å². The largest absolute Gasteiger partial charge is 0.383 e. The van der Waals surface area contributed by atoms with Crippen molar-refractivity contribution in [1.82, 2.24) is 5.32 Å². The lowest BCUT2D eigenvalue weighted by Crippen LogP contribution is -2.33. The molecule has 0 bridgehead atoms. The number of hydrogen-bond donors (Lipinski definition) is 2. The predicted octanol–water partition coefficient (Wildman–Crippen LogP) is 3.56. The topological polar surface area (TPSA) is 33.3 Å². The molecule has 2 rings (SSSR count). The first-order valence-electron chi connectivity index (χ1n) is 7.85. The van der Waals surface area contributed by atoms with Gasteiger partial charge in [0.25, 0.3) is 0 Å². The first-order chi connectivity index (χ1) is 9.78. The van der Waals surface area contributed by atoms with Crippen LogP contribution in [-0.2, 0) is 11.3 Å². The predicted molar refractivity (Wildman–Crippen MR) is 85.1 cm³/mol. The SMILES string of the molecule is COCc1cccc(NC(C)CC2CCCCCN2)c1. The summed E-state index contributed by atoms with van der Waals surface area (Å²) in [4.78, 5) is 0. The second-order valence-corrected chi connectivity index (χ2v) is 5.91. The highest BCUT2D eigenvalue weighted by Gasteiger charge is 2.14. The Balaban J connectivity index is 1.83. The number of anilines is 1. The van der Waals surface area contributed by atoms with Crippen LogP contribution in [0.25, 0.3) is 0 Å². The Morgan fingerprint density at radius 1 is 1.35 bits per heavy atom. The van der Waals surface area contributed by atoms with Gasteiger partial charge in [-0.25, -0.2) is 0 Å². The maximum absolute atomic E-state index is 5.19. The van der Waals surface area contributed by atoms with Crippen LogP contribution in [0.4, 0.5) is 5.69 Å². The Morgan fingerprint density at radius 2 is 2.25 bits per heavy atom. The molecule has 1 aromatic carbocycles. The molecule has 0 spiro atoms. The van der Waals surface area contributed by atoms with E-state index in [0.29, 0.717) is 18.7 Å². The Kier molecular flexibility index (Phi) is 6.34. The molecule has 0 amide bonds. The van der Waals surface area contributed by atoms with Crippen molar-refractivity contribution in [2.45, 2.75) is 57.7 Å². The molecular weight excluding hydrogens is 248 g/mol. The fraction of sp³-hybridized carbons (Fsp3) is 0.647. The lowest BCUT2D eigenvalue weighted by molar-refractivity contribution is 0.185. The van der Waals surface area contributed by atoms with E-state index in [4.69, 9.17) is 4.74 Å². The monoisotopic (exact) mass is 276 g/mol. The number of rotatable bonds is 6. The Hall–Kier alpha value is -1.06. The Morgan fingerprint density at radius 3 is 3.10 bits per heavy atom. The van der Waals surface area contributed by atoms with E-state index in [1.165, 1.54) is 49.9 Å². The molecule has 2 N–H and O–H groups in total. The summed E-state index contributed by atoms with van der Waals surface area (Å²) in [6, 6.07) is 9.67. The molecule has 0 saturated carbocycles. The van der Waals surface area contributed by atoms with E-state index in [2.05, 4.69) is 41.8 Å². The van der Waals surface area contributed by atoms with Gasteiger partial charge >= 0.3 is 0 Å². The lowest BCUT2D eigenvalue weighted by atomic mass is 10.0. The van der Waals surface area contributed by atoms with Gasteiger partial charge in [0.1, 0.15) is 0 Å². The maximum atomic E-state index is 5.19. The van der Waals surface area contributed by atoms with E-state index in [0.717, 1.165) is 0 Å². The van der Waals surface area contributed by atoms with Gasteiger partial charge in [-0.3, -0.25) is 0 Å². The van der Waals surface area contributed by atoms with Gasteiger partial charge in [-0.15, -0.1) is 0 Å². The molecule has 112 valence electrons. The van der Waals surface area contributed by atoms with Crippen molar-refractivity contribution in [2.75, 3.05) is 19.0 Å². The summed E-state index contributed by atoms with van der Waals surface area (Å²) in [6.07, 6.45) is 6.58. The molecule has 3 heteroatoms. The summed E-state index contributed by atoms with van der Waals surface area (Å²) in [5.41, 5.74) is 2.41. The average molecular weight is 276 g/mol. The van der Waals surface area contributed by atoms with Crippen LogP contribution in [0.2, 0.25) is 0 Å². The van der Waals surface area contributed by atoms with Gasteiger partial charge in [0, 0.05) is 24.9 Å². The standard InChI is InChI=1S/C17H28N2O/c1-14(11-16-8-4-3-5-10-18-16)19-17-9-6-7-15(12-17)13-20-2/h6-7,9,12,14,16,18-19H,3-5,8,10-11,13H2,1-2H3. The molecule has 3 nitrogen and oxygen atoms in total. The molecule has 0 aromatic heterocycles. The maximum Gasteiger partial charge on any atom is 0.0713 e. The fourth-order valence-corrected chi connectivity index (χ4v) is 2.99. The van der Waals surface area contributed by atoms with Crippen LogP contribution >= 0.6 is 0 Å². The Labute approximate surface area is 123 Å². The molecule has 1 saturated heterocycles. The molecule has 20 heavy (non-hydrogen) atoms. The molecule has 1 aliphatic heterocycles. The zero-order valence-corrected chi connectivity index (χ0v) is 12.8. The molecule has 1 heterocycles. The third-order valence-electron chi connectivity index (χ3n) is 3.95. The molecule has 0 radical (unpaired) electrons. The molecule has 2 unspecified atom stereocenters. The second-order valence-electron chi connectivity index (χ2n) is 5.91. The van der Waals surface area contributed by atoms with Crippen molar-refractivity contribution >= 4 is 5.69 Å². The van der Waals surface area contributed by atoms with Crippen LogP contribution in [-0.4, -0.2) is 25.7 Å². The van der Waals surface area contributed by atoms with Crippen molar-refractivity contribution < 1.29 is 4.74 Å². The van der Waals surface area contributed by atoms with Crippen molar-refractivity contribution in [2.24, 2.45) is 0 Å². The minimum absolute atomic E-state index is 0.489. The normalized spacial score (nSPS) is 21.2. The zero-order chi connectivity index (χ0) is 14.2. The van der Waals surface area contributed by atoms with Crippen LogP contribution in [0, 0.1) is 0 Å². The molecule has 0 aliphatic carbocycles. The number of methoxy groups -OCH3 is 1. The quantitative estimate of drug-likeness (QED) is 0.833. The fourth-order valence-electron chi connectivity index (χ4n) is 2.99. The van der Waals surface area contributed by atoms with Crippen LogP contribution in [0.15, 0.2) is 24.3 Å². The highest BCUT2D eigenvalue weighted by Crippen LogP contribution is 2.17. The van der Waals surface area contributed by atoms with Gasteiger partial charge in [0.05, 0.1) is 6.61 Å². The highest BCUT2D eigenvalue weighted by molar-refractivity contribution is 5.46. The molecule has 1 aliphatic rings. The smallest absolute Gasteiger partial charge is 0.0713 e. The van der Waals surface area contributed by atoms with Crippen LogP contribution in [0.3, 0.4) is 0 Å². The minimum Gasteiger partial charge on any atom is -0.383 e. The van der Waals surface area contributed by atoms with Gasteiger partial charge in [-0.1, -0.05) is 25.0 Å².